The molecule has 1 saturated heterocycles. The first-order chi connectivity index (χ1) is 13.6. The highest BCUT2D eigenvalue weighted by Crippen LogP contribution is 2.30. The zero-order valence-corrected chi connectivity index (χ0v) is 17.4. The molecule has 8 nitrogen and oxygen atoms in total. The van der Waals surface area contributed by atoms with E-state index in [1.54, 1.807) is 14.2 Å². The van der Waals surface area contributed by atoms with Gasteiger partial charge in [-0.2, -0.15) is 0 Å². The number of hydrogen-bond donors (Lipinski definition) is 3. The van der Waals surface area contributed by atoms with Crippen LogP contribution in [-0.4, -0.2) is 64.9 Å². The van der Waals surface area contributed by atoms with E-state index in [2.05, 4.69) is 25.8 Å². The van der Waals surface area contributed by atoms with Crippen LogP contribution in [-0.2, 0) is 4.79 Å². The van der Waals surface area contributed by atoms with Gasteiger partial charge in [0.25, 0.3) is 0 Å². The molecular weight excluding hydrogens is 358 g/mol. The molecule has 1 aliphatic rings. The predicted octanol–water partition coefficient (Wildman–Crippen LogP) is 1.36. The number of rotatable bonds is 9. The Morgan fingerprint density at radius 1 is 1.18 bits per heavy atom. The Labute approximate surface area is 167 Å². The zero-order valence-electron chi connectivity index (χ0n) is 17.4. The summed E-state index contributed by atoms with van der Waals surface area (Å²) in [6, 6.07) is 6.15. The van der Waals surface area contributed by atoms with Gasteiger partial charge in [-0.25, -0.2) is 4.99 Å². The summed E-state index contributed by atoms with van der Waals surface area (Å²) < 4.78 is 10.7. The summed E-state index contributed by atoms with van der Waals surface area (Å²) in [6.45, 7) is 7.34. The van der Waals surface area contributed by atoms with Gasteiger partial charge >= 0.3 is 0 Å². The molecule has 2 rings (SSSR count). The number of anilines is 1. The molecular formula is C20H33N5O3. The van der Waals surface area contributed by atoms with Crippen LogP contribution in [0.1, 0.15) is 26.7 Å². The summed E-state index contributed by atoms with van der Waals surface area (Å²) in [5.74, 6) is 2.16. The van der Waals surface area contributed by atoms with Crippen molar-refractivity contribution in [3.05, 3.63) is 18.2 Å². The molecule has 0 aliphatic carbocycles. The lowest BCUT2D eigenvalue weighted by Gasteiger charge is -2.21. The van der Waals surface area contributed by atoms with E-state index >= 15 is 0 Å². The van der Waals surface area contributed by atoms with Crippen molar-refractivity contribution in [2.45, 2.75) is 32.7 Å². The first-order valence-electron chi connectivity index (χ1n) is 9.89. The third kappa shape index (κ3) is 6.51. The predicted molar refractivity (Wildman–Crippen MR) is 113 cm³/mol. The number of methoxy groups -OCH3 is 2. The second kappa shape index (κ2) is 11.3. The number of nitrogens with one attached hydrogen (secondary N) is 3. The van der Waals surface area contributed by atoms with Crippen LogP contribution in [0.25, 0.3) is 0 Å². The van der Waals surface area contributed by atoms with E-state index in [9.17, 15) is 4.79 Å². The molecule has 0 bridgehead atoms. The van der Waals surface area contributed by atoms with Crippen molar-refractivity contribution < 1.29 is 14.3 Å². The number of ether oxygens (including phenoxy) is 2. The normalized spacial score (nSPS) is 16.6. The summed E-state index contributed by atoms with van der Waals surface area (Å²) in [5.41, 5.74) is 1.07. The smallest absolute Gasteiger partial charge is 0.241 e. The van der Waals surface area contributed by atoms with Gasteiger partial charge in [0.1, 0.15) is 18.0 Å². The Morgan fingerprint density at radius 3 is 2.50 bits per heavy atom. The highest BCUT2D eigenvalue weighted by Gasteiger charge is 2.24. The van der Waals surface area contributed by atoms with Gasteiger partial charge in [0, 0.05) is 56.1 Å². The standard InChI is InChI=1S/C20H33N5O3/c1-5-8-22-19(26)13-23-20(21-6-2)24-15-7-9-25(14-15)16-10-17(27-3)12-18(11-16)28-4/h10-12,15H,5-9,13-14H2,1-4H3,(H,22,26)(H2,21,23,24). The van der Waals surface area contributed by atoms with Crippen molar-refractivity contribution in [3.8, 4) is 11.5 Å². The third-order valence-electron chi connectivity index (χ3n) is 4.53. The van der Waals surface area contributed by atoms with Crippen molar-refractivity contribution in [1.82, 2.24) is 16.0 Å². The van der Waals surface area contributed by atoms with E-state index < -0.39 is 0 Å². The zero-order chi connectivity index (χ0) is 20.4. The number of carbonyl (C=O) groups excluding carboxylic acids is 1. The Balaban J connectivity index is 1.96. The largest absolute Gasteiger partial charge is 0.497 e. The van der Waals surface area contributed by atoms with Crippen molar-refractivity contribution >= 4 is 17.6 Å². The fourth-order valence-corrected chi connectivity index (χ4v) is 3.07. The maximum Gasteiger partial charge on any atom is 0.241 e. The minimum atomic E-state index is -0.0597. The lowest BCUT2D eigenvalue weighted by Crippen LogP contribution is -2.45. The molecule has 1 aliphatic heterocycles. The summed E-state index contributed by atoms with van der Waals surface area (Å²) >= 11 is 0. The monoisotopic (exact) mass is 391 g/mol. The molecule has 1 unspecified atom stereocenters. The van der Waals surface area contributed by atoms with Gasteiger partial charge in [-0.1, -0.05) is 6.92 Å². The summed E-state index contributed by atoms with van der Waals surface area (Å²) in [6.07, 6.45) is 1.90. The van der Waals surface area contributed by atoms with Gasteiger partial charge in [0.2, 0.25) is 5.91 Å². The lowest BCUT2D eigenvalue weighted by molar-refractivity contribution is -0.119. The van der Waals surface area contributed by atoms with Gasteiger partial charge in [-0.05, 0) is 19.8 Å². The third-order valence-corrected chi connectivity index (χ3v) is 4.53. The Morgan fingerprint density at radius 2 is 1.89 bits per heavy atom. The molecule has 1 fully saturated rings. The van der Waals surface area contributed by atoms with Crippen LogP contribution in [0.2, 0.25) is 0 Å². The minimum Gasteiger partial charge on any atom is -0.497 e. The number of amides is 1. The molecule has 8 heteroatoms. The second-order valence-corrected chi connectivity index (χ2v) is 6.69. The van der Waals surface area contributed by atoms with Gasteiger partial charge in [-0.3, -0.25) is 4.79 Å². The maximum atomic E-state index is 11.8. The number of nitrogens with zero attached hydrogens (tertiary/aromatic N) is 2. The number of aliphatic imine (C=N–C) groups is 1. The van der Waals surface area contributed by atoms with Crippen LogP contribution < -0.4 is 30.3 Å². The number of guanidine groups is 1. The highest BCUT2D eigenvalue weighted by molar-refractivity contribution is 5.85. The number of benzene rings is 1. The Kier molecular flexibility index (Phi) is 8.71. The van der Waals surface area contributed by atoms with E-state index in [1.165, 1.54) is 0 Å². The van der Waals surface area contributed by atoms with Crippen molar-refractivity contribution in [1.29, 1.82) is 0 Å². The van der Waals surface area contributed by atoms with Crippen LogP contribution in [0.15, 0.2) is 23.2 Å². The van der Waals surface area contributed by atoms with E-state index in [4.69, 9.17) is 9.47 Å². The molecule has 1 aromatic carbocycles. The summed E-state index contributed by atoms with van der Waals surface area (Å²) in [5, 5.41) is 9.49. The van der Waals surface area contributed by atoms with E-state index in [0.717, 1.165) is 49.7 Å². The molecule has 1 aromatic rings. The van der Waals surface area contributed by atoms with Crippen molar-refractivity contribution in [3.63, 3.8) is 0 Å². The molecule has 0 aromatic heterocycles. The lowest BCUT2D eigenvalue weighted by atomic mass is 10.2. The molecule has 3 N–H and O–H groups in total. The van der Waals surface area contributed by atoms with Gasteiger partial charge in [0.05, 0.1) is 14.2 Å². The molecule has 1 heterocycles. The summed E-state index contributed by atoms with van der Waals surface area (Å²) in [4.78, 5) is 18.5. The highest BCUT2D eigenvalue weighted by atomic mass is 16.5. The van der Waals surface area contributed by atoms with Gasteiger partial charge in [-0.15, -0.1) is 0 Å². The SMILES string of the molecule is CCCNC(=O)CN=C(NCC)NC1CCN(c2cc(OC)cc(OC)c2)C1. The average molecular weight is 392 g/mol. The Bertz CT molecular complexity index is 643. The van der Waals surface area contributed by atoms with Crippen molar-refractivity contribution in [2.24, 2.45) is 4.99 Å². The van der Waals surface area contributed by atoms with E-state index in [0.29, 0.717) is 12.5 Å². The average Bonchev–Trinajstić information content (AvgIpc) is 3.18. The molecule has 0 saturated carbocycles. The van der Waals surface area contributed by atoms with Gasteiger partial charge in [0.15, 0.2) is 5.96 Å². The van der Waals surface area contributed by atoms with E-state index in [1.807, 2.05) is 32.0 Å². The number of hydrogen-bond acceptors (Lipinski definition) is 5. The fourth-order valence-electron chi connectivity index (χ4n) is 3.07. The first kappa shape index (κ1) is 21.7. The minimum absolute atomic E-state index is 0.0597. The first-order valence-corrected chi connectivity index (χ1v) is 9.89. The molecule has 0 spiro atoms. The Hall–Kier alpha value is -2.64. The van der Waals surface area contributed by atoms with Crippen LogP contribution in [0.4, 0.5) is 5.69 Å². The molecule has 1 amide bonds. The van der Waals surface area contributed by atoms with Crippen LogP contribution in [0, 0.1) is 0 Å². The number of carbonyl (C=O) groups is 1. The van der Waals surface area contributed by atoms with Crippen molar-refractivity contribution in [2.75, 3.05) is 51.8 Å². The van der Waals surface area contributed by atoms with Crippen LogP contribution in [0.5, 0.6) is 11.5 Å². The van der Waals surface area contributed by atoms with E-state index in [-0.39, 0.29) is 18.5 Å². The van der Waals surface area contributed by atoms with Crippen LogP contribution in [0.3, 0.4) is 0 Å². The quantitative estimate of drug-likeness (QED) is 0.435. The topological polar surface area (TPSA) is 87.2 Å². The maximum absolute atomic E-state index is 11.8. The summed E-state index contributed by atoms with van der Waals surface area (Å²) in [7, 11) is 3.31. The molecule has 1 atom stereocenters. The molecule has 156 valence electrons. The molecule has 0 radical (unpaired) electrons. The fraction of sp³-hybridized carbons (Fsp3) is 0.600. The molecule has 28 heavy (non-hydrogen) atoms. The van der Waals surface area contributed by atoms with Crippen LogP contribution >= 0.6 is 0 Å². The second-order valence-electron chi connectivity index (χ2n) is 6.69. The van der Waals surface area contributed by atoms with Gasteiger partial charge < -0.3 is 30.3 Å².